The summed E-state index contributed by atoms with van der Waals surface area (Å²) in [7, 11) is 0. The Morgan fingerprint density at radius 3 is 2.69 bits per heavy atom. The summed E-state index contributed by atoms with van der Waals surface area (Å²) in [6, 6.07) is 6.63. The molecular weight excluding hydrogens is 427 g/mol. The number of nitrogens with one attached hydrogen (secondary N) is 1. The first-order valence-corrected chi connectivity index (χ1v) is 12.4. The summed E-state index contributed by atoms with van der Waals surface area (Å²) in [5.41, 5.74) is 3.31. The molecule has 1 fully saturated rings. The number of nitrogens with zero attached hydrogens (tertiary/aromatic N) is 1. The second kappa shape index (κ2) is 10.1. The molecule has 2 aliphatic rings. The molecule has 1 saturated heterocycles. The van der Waals surface area contributed by atoms with Gasteiger partial charge in [0.2, 0.25) is 5.91 Å². The molecule has 172 valence electrons. The van der Waals surface area contributed by atoms with Crippen molar-refractivity contribution in [2.24, 2.45) is 5.92 Å². The summed E-state index contributed by atoms with van der Waals surface area (Å²) in [6.45, 7) is 5.19. The van der Waals surface area contributed by atoms with Gasteiger partial charge in [0.25, 0.3) is 0 Å². The highest BCUT2D eigenvalue weighted by molar-refractivity contribution is 7.16. The van der Waals surface area contributed by atoms with Gasteiger partial charge in [-0.1, -0.05) is 12.1 Å². The SMILES string of the molecule is CCOC(=O)C1CCN([C@H](c2cccc(F)c2)c2c(NC(C)=O)sc3c2CCCC3)CC1. The number of anilines is 1. The third-order valence-electron chi connectivity index (χ3n) is 6.45. The quantitative estimate of drug-likeness (QED) is 0.613. The molecule has 7 heteroatoms. The zero-order valence-corrected chi connectivity index (χ0v) is 19.6. The first-order chi connectivity index (χ1) is 15.5. The molecule has 2 aromatic rings. The standard InChI is InChI=1S/C25H31FN2O3S/c1-3-31-25(30)17-11-13-28(14-12-17)23(18-7-6-8-19(26)15-18)22-20-9-4-5-10-21(20)32-24(22)27-16(2)29/h6-8,15,17,23H,3-5,9-14H2,1-2H3,(H,27,29)/t23-/m1/s1. The van der Waals surface area contributed by atoms with Crippen molar-refractivity contribution < 1.29 is 18.7 Å². The monoisotopic (exact) mass is 458 g/mol. The molecule has 1 aliphatic carbocycles. The van der Waals surface area contributed by atoms with E-state index in [0.29, 0.717) is 19.4 Å². The minimum Gasteiger partial charge on any atom is -0.466 e. The highest BCUT2D eigenvalue weighted by Gasteiger charge is 2.35. The largest absolute Gasteiger partial charge is 0.466 e. The van der Waals surface area contributed by atoms with E-state index in [0.717, 1.165) is 54.9 Å². The van der Waals surface area contributed by atoms with Crippen LogP contribution in [0.1, 0.15) is 67.1 Å². The van der Waals surface area contributed by atoms with Crippen molar-refractivity contribution in [3.05, 3.63) is 51.7 Å². The predicted molar refractivity (Wildman–Crippen MR) is 124 cm³/mol. The van der Waals surface area contributed by atoms with Crippen LogP contribution in [0, 0.1) is 11.7 Å². The van der Waals surface area contributed by atoms with Crippen molar-refractivity contribution in [2.45, 2.75) is 58.4 Å². The fourth-order valence-electron chi connectivity index (χ4n) is 5.02. The number of ether oxygens (including phenoxy) is 1. The van der Waals surface area contributed by atoms with E-state index in [1.165, 1.54) is 23.4 Å². The summed E-state index contributed by atoms with van der Waals surface area (Å²) >= 11 is 1.67. The predicted octanol–water partition coefficient (Wildman–Crippen LogP) is 5.09. The minimum absolute atomic E-state index is 0.0921. The van der Waals surface area contributed by atoms with Crippen molar-refractivity contribution in [1.29, 1.82) is 0 Å². The van der Waals surface area contributed by atoms with Gasteiger partial charge in [0, 0.05) is 17.4 Å². The highest BCUT2D eigenvalue weighted by atomic mass is 32.1. The summed E-state index contributed by atoms with van der Waals surface area (Å²) in [6.07, 6.45) is 5.71. The minimum atomic E-state index is -0.265. The van der Waals surface area contributed by atoms with Gasteiger partial charge in [-0.2, -0.15) is 0 Å². The fourth-order valence-corrected chi connectivity index (χ4v) is 6.39. The first kappa shape index (κ1) is 22.9. The van der Waals surface area contributed by atoms with Crippen LogP contribution in [0.5, 0.6) is 0 Å². The van der Waals surface area contributed by atoms with Gasteiger partial charge in [0.15, 0.2) is 0 Å². The van der Waals surface area contributed by atoms with E-state index in [1.807, 2.05) is 13.0 Å². The average molecular weight is 459 g/mol. The van der Waals surface area contributed by atoms with Crippen LogP contribution >= 0.6 is 11.3 Å². The van der Waals surface area contributed by atoms with Crippen LogP contribution in [0.2, 0.25) is 0 Å². The van der Waals surface area contributed by atoms with Gasteiger partial charge >= 0.3 is 5.97 Å². The van der Waals surface area contributed by atoms with Gasteiger partial charge in [0.1, 0.15) is 10.8 Å². The lowest BCUT2D eigenvalue weighted by Crippen LogP contribution is -2.40. The van der Waals surface area contributed by atoms with Gasteiger partial charge in [0.05, 0.1) is 18.6 Å². The Hall–Kier alpha value is -2.25. The molecule has 1 atom stereocenters. The fraction of sp³-hybridized carbons (Fsp3) is 0.520. The van der Waals surface area contributed by atoms with Crippen LogP contribution in [0.3, 0.4) is 0 Å². The van der Waals surface area contributed by atoms with Crippen LogP contribution in [0.25, 0.3) is 0 Å². The molecule has 1 aliphatic heterocycles. The maximum atomic E-state index is 14.3. The van der Waals surface area contributed by atoms with E-state index in [9.17, 15) is 14.0 Å². The Labute approximate surface area is 193 Å². The van der Waals surface area contributed by atoms with Crippen LogP contribution in [0.4, 0.5) is 9.39 Å². The number of hydrogen-bond acceptors (Lipinski definition) is 5. The van der Waals surface area contributed by atoms with E-state index in [4.69, 9.17) is 4.74 Å². The van der Waals surface area contributed by atoms with Crippen LogP contribution in [-0.4, -0.2) is 36.5 Å². The van der Waals surface area contributed by atoms with Gasteiger partial charge in [-0.15, -0.1) is 11.3 Å². The first-order valence-electron chi connectivity index (χ1n) is 11.6. The van der Waals surface area contributed by atoms with Gasteiger partial charge in [-0.05, 0) is 81.8 Å². The number of esters is 1. The van der Waals surface area contributed by atoms with Crippen molar-refractivity contribution in [1.82, 2.24) is 4.90 Å². The molecule has 1 aromatic carbocycles. The molecule has 1 aromatic heterocycles. The Bertz CT molecular complexity index is 982. The van der Waals surface area contributed by atoms with Gasteiger partial charge in [-0.3, -0.25) is 14.5 Å². The summed E-state index contributed by atoms with van der Waals surface area (Å²) in [5, 5.41) is 3.94. The Balaban J connectivity index is 1.73. The molecular formula is C25H31FN2O3S. The maximum absolute atomic E-state index is 14.3. The number of likely N-dealkylation sites (tertiary alicyclic amines) is 1. The highest BCUT2D eigenvalue weighted by Crippen LogP contribution is 2.46. The molecule has 5 nitrogen and oxygen atoms in total. The Morgan fingerprint density at radius 1 is 1.25 bits per heavy atom. The van der Waals surface area contributed by atoms with E-state index in [2.05, 4.69) is 10.2 Å². The Morgan fingerprint density at radius 2 is 2.00 bits per heavy atom. The lowest BCUT2D eigenvalue weighted by atomic mass is 9.87. The molecule has 0 unspecified atom stereocenters. The van der Waals surface area contributed by atoms with E-state index in [-0.39, 0.29) is 29.7 Å². The number of thiophene rings is 1. The van der Waals surface area contributed by atoms with Crippen molar-refractivity contribution in [3.63, 3.8) is 0 Å². The summed E-state index contributed by atoms with van der Waals surface area (Å²) < 4.78 is 19.5. The topological polar surface area (TPSA) is 58.6 Å². The molecule has 1 N–H and O–H groups in total. The molecule has 0 spiro atoms. The Kier molecular flexibility index (Phi) is 7.26. The average Bonchev–Trinajstić information content (AvgIpc) is 3.12. The lowest BCUT2D eigenvalue weighted by molar-refractivity contribution is -0.149. The molecule has 4 rings (SSSR count). The number of amides is 1. The number of piperidine rings is 1. The molecule has 1 amide bonds. The number of fused-ring (bicyclic) bond motifs is 1. The normalized spacial score (nSPS) is 18.1. The van der Waals surface area contributed by atoms with Crippen LogP contribution in [-0.2, 0) is 27.2 Å². The van der Waals surface area contributed by atoms with Crippen LogP contribution in [0.15, 0.2) is 24.3 Å². The number of carbonyl (C=O) groups excluding carboxylic acids is 2. The molecule has 2 heterocycles. The number of benzene rings is 1. The van der Waals surface area contributed by atoms with Gasteiger partial charge < -0.3 is 10.1 Å². The maximum Gasteiger partial charge on any atom is 0.309 e. The summed E-state index contributed by atoms with van der Waals surface area (Å²) in [5.74, 6) is -0.574. The summed E-state index contributed by atoms with van der Waals surface area (Å²) in [4.78, 5) is 27.9. The van der Waals surface area contributed by atoms with Crippen molar-refractivity contribution >= 4 is 28.2 Å². The number of carbonyl (C=O) groups is 2. The number of hydrogen-bond donors (Lipinski definition) is 1. The second-order valence-corrected chi connectivity index (χ2v) is 9.76. The second-order valence-electron chi connectivity index (χ2n) is 8.65. The van der Waals surface area contributed by atoms with Crippen molar-refractivity contribution in [3.8, 4) is 0 Å². The molecule has 32 heavy (non-hydrogen) atoms. The number of rotatable bonds is 6. The smallest absolute Gasteiger partial charge is 0.309 e. The van der Waals surface area contributed by atoms with E-state index in [1.54, 1.807) is 23.5 Å². The van der Waals surface area contributed by atoms with E-state index < -0.39 is 0 Å². The molecule has 0 radical (unpaired) electrons. The van der Waals surface area contributed by atoms with Gasteiger partial charge in [-0.25, -0.2) is 4.39 Å². The number of aryl methyl sites for hydroxylation is 1. The molecule has 0 saturated carbocycles. The van der Waals surface area contributed by atoms with Crippen LogP contribution < -0.4 is 5.32 Å². The third kappa shape index (κ3) is 4.89. The zero-order valence-electron chi connectivity index (χ0n) is 18.8. The third-order valence-corrected chi connectivity index (χ3v) is 7.68. The van der Waals surface area contributed by atoms with E-state index >= 15 is 0 Å². The number of halogens is 1. The van der Waals surface area contributed by atoms with Crippen molar-refractivity contribution in [2.75, 3.05) is 25.0 Å². The lowest BCUT2D eigenvalue weighted by Gasteiger charge is -2.38. The molecule has 0 bridgehead atoms. The zero-order chi connectivity index (χ0) is 22.7.